The maximum absolute atomic E-state index is 10.8. The normalized spacial score (nSPS) is 9.65. The van der Waals surface area contributed by atoms with Gasteiger partial charge in [0.05, 0.1) is 11.9 Å². The number of hydrogen-bond acceptors (Lipinski definition) is 4. The van der Waals surface area contributed by atoms with Crippen molar-refractivity contribution in [1.82, 2.24) is 0 Å². The van der Waals surface area contributed by atoms with Crippen molar-refractivity contribution in [3.8, 4) is 0 Å². The molecule has 2 aromatic rings. The van der Waals surface area contributed by atoms with Crippen molar-refractivity contribution in [3.63, 3.8) is 0 Å². The molecule has 0 spiro atoms. The summed E-state index contributed by atoms with van der Waals surface area (Å²) in [6.45, 7) is 0. The Morgan fingerprint density at radius 3 is 1.41 bits per heavy atom. The first-order valence-corrected chi connectivity index (χ1v) is 4.55. The first-order chi connectivity index (χ1) is 7.61. The van der Waals surface area contributed by atoms with Crippen LogP contribution in [0.2, 0.25) is 0 Å². The minimum absolute atomic E-state index is 0. The molecule has 2 aromatic carbocycles. The fraction of sp³-hybridized carbons (Fsp3) is 0. The number of carboxylic acid groups (broad SMARTS) is 2. The van der Waals surface area contributed by atoms with E-state index in [-0.39, 0.29) is 30.6 Å². The van der Waals surface area contributed by atoms with Crippen molar-refractivity contribution < 1.29 is 39.3 Å². The largest absolute Gasteiger partial charge is 2.00 e. The van der Waals surface area contributed by atoms with Crippen LogP contribution >= 0.6 is 0 Å². The molecule has 80 valence electrons. The Bertz CT molecular complexity index is 539. The van der Waals surface area contributed by atoms with Crippen LogP contribution in [0.15, 0.2) is 36.4 Å². The fourth-order valence-corrected chi connectivity index (χ4v) is 1.67. The monoisotopic (exact) mass is 278 g/mol. The third-order valence-corrected chi connectivity index (χ3v) is 2.36. The van der Waals surface area contributed by atoms with E-state index >= 15 is 0 Å². The van der Waals surface area contributed by atoms with Crippen molar-refractivity contribution in [2.75, 3.05) is 0 Å². The number of carbonyl (C=O) groups is 2. The molecular formula is C12H6O4Zn. The van der Waals surface area contributed by atoms with E-state index in [0.29, 0.717) is 10.8 Å². The van der Waals surface area contributed by atoms with Gasteiger partial charge in [-0.15, -0.1) is 0 Å². The molecule has 0 unspecified atom stereocenters. The Balaban J connectivity index is 0.00000144. The Labute approximate surface area is 110 Å². The molecule has 0 saturated carbocycles. The average molecular weight is 280 g/mol. The molecule has 0 bridgehead atoms. The summed E-state index contributed by atoms with van der Waals surface area (Å²) < 4.78 is 0. The first-order valence-electron chi connectivity index (χ1n) is 4.55. The molecule has 0 aliphatic rings. The summed E-state index contributed by atoms with van der Waals surface area (Å²) in [5.74, 6) is -2.66. The molecule has 0 saturated heterocycles. The quantitative estimate of drug-likeness (QED) is 0.698. The number of fused-ring (bicyclic) bond motifs is 1. The van der Waals surface area contributed by atoms with E-state index in [1.807, 2.05) is 0 Å². The van der Waals surface area contributed by atoms with Crippen LogP contribution in [0.4, 0.5) is 0 Å². The standard InChI is InChI=1S/C12H8O4.Zn/c13-11(14)9-5-1-3-7-8(9)4-2-6-10(7)12(15)16;/h1-6H,(H,13,14)(H,15,16);/q;+2/p-2. The second-order valence-corrected chi connectivity index (χ2v) is 3.28. The first kappa shape index (κ1) is 13.3. The van der Waals surface area contributed by atoms with Gasteiger partial charge in [-0.05, 0) is 10.8 Å². The van der Waals surface area contributed by atoms with Gasteiger partial charge in [0.1, 0.15) is 0 Å². The summed E-state index contributed by atoms with van der Waals surface area (Å²) in [6, 6.07) is 8.76. The Morgan fingerprint density at radius 1 is 0.765 bits per heavy atom. The van der Waals surface area contributed by atoms with E-state index in [4.69, 9.17) is 0 Å². The van der Waals surface area contributed by atoms with Crippen molar-refractivity contribution in [1.29, 1.82) is 0 Å². The van der Waals surface area contributed by atoms with E-state index in [1.54, 1.807) is 0 Å². The summed E-state index contributed by atoms with van der Waals surface area (Å²) >= 11 is 0. The molecule has 17 heavy (non-hydrogen) atoms. The van der Waals surface area contributed by atoms with E-state index in [2.05, 4.69) is 0 Å². The Hall–Kier alpha value is -1.74. The number of carboxylic acids is 2. The third kappa shape index (κ3) is 2.34. The topological polar surface area (TPSA) is 80.3 Å². The van der Waals surface area contributed by atoms with Crippen LogP contribution in [-0.4, -0.2) is 11.9 Å². The van der Waals surface area contributed by atoms with Gasteiger partial charge in [0.2, 0.25) is 0 Å². The maximum atomic E-state index is 10.8. The number of carbonyl (C=O) groups excluding carboxylic acids is 2. The Kier molecular flexibility index (Phi) is 3.97. The summed E-state index contributed by atoms with van der Waals surface area (Å²) in [5, 5.41) is 22.3. The number of hydrogen-bond donors (Lipinski definition) is 0. The van der Waals surface area contributed by atoms with Gasteiger partial charge in [0.25, 0.3) is 0 Å². The fourth-order valence-electron chi connectivity index (χ4n) is 1.67. The zero-order valence-corrected chi connectivity index (χ0v) is 11.8. The second kappa shape index (κ2) is 5.06. The zero-order chi connectivity index (χ0) is 11.7. The molecule has 0 aliphatic carbocycles. The van der Waals surface area contributed by atoms with Crippen molar-refractivity contribution in [3.05, 3.63) is 47.5 Å². The van der Waals surface area contributed by atoms with E-state index in [1.165, 1.54) is 36.4 Å². The molecular weight excluding hydrogens is 274 g/mol. The van der Waals surface area contributed by atoms with Crippen LogP contribution in [0.5, 0.6) is 0 Å². The van der Waals surface area contributed by atoms with Crippen LogP contribution in [0.3, 0.4) is 0 Å². The Morgan fingerprint density at radius 2 is 1.12 bits per heavy atom. The number of benzene rings is 2. The van der Waals surface area contributed by atoms with E-state index in [9.17, 15) is 19.8 Å². The van der Waals surface area contributed by atoms with Crippen molar-refractivity contribution >= 4 is 22.7 Å². The van der Waals surface area contributed by atoms with Gasteiger partial charge in [0.15, 0.2) is 0 Å². The summed E-state index contributed by atoms with van der Waals surface area (Å²) in [4.78, 5) is 21.6. The molecule has 0 amide bonds. The van der Waals surface area contributed by atoms with Crippen LogP contribution in [0, 0.1) is 0 Å². The average Bonchev–Trinajstić information content (AvgIpc) is 2.27. The van der Waals surface area contributed by atoms with E-state index in [0.717, 1.165) is 0 Å². The summed E-state index contributed by atoms with van der Waals surface area (Å²) in [5.41, 5.74) is -0.0544. The molecule has 0 heterocycles. The van der Waals surface area contributed by atoms with Crippen LogP contribution in [0.25, 0.3) is 10.8 Å². The third-order valence-electron chi connectivity index (χ3n) is 2.36. The van der Waals surface area contributed by atoms with Gasteiger partial charge in [-0.25, -0.2) is 0 Å². The molecule has 2 rings (SSSR count). The molecule has 0 aliphatic heterocycles. The van der Waals surface area contributed by atoms with Gasteiger partial charge in [-0.2, -0.15) is 0 Å². The van der Waals surface area contributed by atoms with E-state index < -0.39 is 11.9 Å². The van der Waals surface area contributed by atoms with Gasteiger partial charge in [-0.1, -0.05) is 36.4 Å². The zero-order valence-electron chi connectivity index (χ0n) is 8.80. The summed E-state index contributed by atoms with van der Waals surface area (Å²) in [7, 11) is 0. The molecule has 0 aromatic heterocycles. The predicted octanol–water partition coefficient (Wildman–Crippen LogP) is -0.436. The van der Waals surface area contributed by atoms with Gasteiger partial charge in [-0.3, -0.25) is 0 Å². The van der Waals surface area contributed by atoms with Crippen molar-refractivity contribution in [2.24, 2.45) is 0 Å². The minimum Gasteiger partial charge on any atom is -0.545 e. The smallest absolute Gasteiger partial charge is 0.545 e. The molecule has 0 fully saturated rings. The van der Waals surface area contributed by atoms with Crippen molar-refractivity contribution in [2.45, 2.75) is 0 Å². The molecule has 0 N–H and O–H groups in total. The second-order valence-electron chi connectivity index (χ2n) is 3.28. The van der Waals surface area contributed by atoms with Gasteiger partial charge < -0.3 is 19.8 Å². The maximum Gasteiger partial charge on any atom is 2.00 e. The SMILES string of the molecule is O=C([O-])c1cccc2c(C(=O)[O-])cccc12.[Zn+2]. The number of aromatic carboxylic acids is 2. The van der Waals surface area contributed by atoms with Crippen LogP contribution in [-0.2, 0) is 19.5 Å². The predicted molar refractivity (Wildman–Crippen MR) is 52.6 cm³/mol. The molecule has 0 radical (unpaired) electrons. The van der Waals surface area contributed by atoms with Gasteiger partial charge >= 0.3 is 19.5 Å². The van der Waals surface area contributed by atoms with Crippen LogP contribution in [0.1, 0.15) is 20.7 Å². The molecule has 5 heteroatoms. The van der Waals surface area contributed by atoms with Crippen LogP contribution < -0.4 is 10.2 Å². The molecule has 0 atom stereocenters. The minimum atomic E-state index is -1.33. The van der Waals surface area contributed by atoms with Gasteiger partial charge in [0, 0.05) is 11.1 Å². The number of rotatable bonds is 2. The summed E-state index contributed by atoms with van der Waals surface area (Å²) in [6.07, 6.45) is 0. The molecule has 4 nitrogen and oxygen atoms in total.